The minimum atomic E-state index is -3.52. The molecule has 0 spiro atoms. The van der Waals surface area contributed by atoms with Crippen LogP contribution in [-0.4, -0.2) is 69.7 Å². The summed E-state index contributed by atoms with van der Waals surface area (Å²) in [4.78, 5) is 16.5. The van der Waals surface area contributed by atoms with E-state index >= 15 is 0 Å². The smallest absolute Gasteiger partial charge is 0.260 e. The average Bonchev–Trinajstić information content (AvgIpc) is 2.76. The van der Waals surface area contributed by atoms with E-state index in [0.717, 1.165) is 25.9 Å². The van der Waals surface area contributed by atoms with Gasteiger partial charge in [0.15, 0.2) is 6.61 Å². The number of hydrogen-bond donors (Lipinski definition) is 0. The zero-order chi connectivity index (χ0) is 22.4. The lowest BCUT2D eigenvalue weighted by Crippen LogP contribution is -2.49. The van der Waals surface area contributed by atoms with Crippen molar-refractivity contribution in [3.63, 3.8) is 0 Å². The van der Waals surface area contributed by atoms with Gasteiger partial charge in [0.2, 0.25) is 10.0 Å². The Morgan fingerprint density at radius 2 is 1.71 bits per heavy atom. The summed E-state index contributed by atoms with van der Waals surface area (Å²) in [5.74, 6) is 0.465. The molecule has 0 radical (unpaired) electrons. The largest absolute Gasteiger partial charge is 0.484 e. The molecule has 1 aliphatic heterocycles. The van der Waals surface area contributed by atoms with Gasteiger partial charge in [-0.1, -0.05) is 36.7 Å². The molecule has 2 aromatic carbocycles. The van der Waals surface area contributed by atoms with E-state index in [2.05, 4.69) is 11.8 Å². The molecule has 9 heteroatoms. The standard InChI is InChI=1S/C22H28ClN3O4S/c1-3-24-12-14-25(15-13-24)22(27)17-30-20-10-8-19(9-11-20)26(31(2,28)29)16-18-6-4-5-7-21(18)23/h4-11H,3,12-17H2,1-2H3. The lowest BCUT2D eigenvalue weighted by molar-refractivity contribution is -0.135. The number of benzene rings is 2. The summed E-state index contributed by atoms with van der Waals surface area (Å²) in [5, 5.41) is 0.509. The van der Waals surface area contributed by atoms with E-state index in [1.807, 2.05) is 11.0 Å². The van der Waals surface area contributed by atoms with Crippen molar-refractivity contribution in [1.82, 2.24) is 9.80 Å². The molecule has 168 valence electrons. The Morgan fingerprint density at radius 1 is 1.06 bits per heavy atom. The van der Waals surface area contributed by atoms with Gasteiger partial charge in [0.05, 0.1) is 18.5 Å². The molecule has 1 saturated heterocycles. The van der Waals surface area contributed by atoms with Crippen molar-refractivity contribution in [3.8, 4) is 5.75 Å². The van der Waals surface area contributed by atoms with E-state index in [9.17, 15) is 13.2 Å². The average molecular weight is 466 g/mol. The van der Waals surface area contributed by atoms with Crippen LogP contribution in [0.5, 0.6) is 5.75 Å². The van der Waals surface area contributed by atoms with E-state index in [1.165, 1.54) is 4.31 Å². The Bertz CT molecular complexity index is 990. The topological polar surface area (TPSA) is 70.2 Å². The van der Waals surface area contributed by atoms with Crippen LogP contribution >= 0.6 is 11.6 Å². The summed E-state index contributed by atoms with van der Waals surface area (Å²) in [7, 11) is -3.52. The molecule has 0 N–H and O–H groups in total. The zero-order valence-electron chi connectivity index (χ0n) is 17.8. The van der Waals surface area contributed by atoms with Gasteiger partial charge < -0.3 is 14.5 Å². The Hall–Kier alpha value is -2.29. The number of carbonyl (C=O) groups is 1. The van der Waals surface area contributed by atoms with Crippen molar-refractivity contribution in [1.29, 1.82) is 0 Å². The highest BCUT2D eigenvalue weighted by atomic mass is 35.5. The second kappa shape index (κ2) is 10.3. The number of hydrogen-bond acceptors (Lipinski definition) is 5. The number of sulfonamides is 1. The van der Waals surface area contributed by atoms with Crippen molar-refractivity contribution in [2.24, 2.45) is 0 Å². The van der Waals surface area contributed by atoms with Crippen LogP contribution in [-0.2, 0) is 21.4 Å². The second-order valence-corrected chi connectivity index (χ2v) is 9.77. The van der Waals surface area contributed by atoms with Crippen LogP contribution in [0.1, 0.15) is 12.5 Å². The first-order chi connectivity index (χ1) is 14.8. The van der Waals surface area contributed by atoms with E-state index in [-0.39, 0.29) is 19.1 Å². The van der Waals surface area contributed by atoms with E-state index in [4.69, 9.17) is 16.3 Å². The Morgan fingerprint density at radius 3 is 2.29 bits per heavy atom. The van der Waals surface area contributed by atoms with Crippen molar-refractivity contribution in [2.75, 3.05) is 49.9 Å². The number of anilines is 1. The highest BCUT2D eigenvalue weighted by Gasteiger charge is 2.21. The third-order valence-corrected chi connectivity index (χ3v) is 6.84. The first-order valence-corrected chi connectivity index (χ1v) is 12.4. The monoisotopic (exact) mass is 465 g/mol. The molecule has 7 nitrogen and oxygen atoms in total. The Balaban J connectivity index is 1.62. The molecule has 1 aliphatic rings. The second-order valence-electron chi connectivity index (χ2n) is 7.46. The van der Waals surface area contributed by atoms with Crippen LogP contribution in [0.25, 0.3) is 0 Å². The van der Waals surface area contributed by atoms with Gasteiger partial charge in [-0.2, -0.15) is 0 Å². The Kier molecular flexibility index (Phi) is 7.80. The predicted molar refractivity (Wildman–Crippen MR) is 123 cm³/mol. The van der Waals surface area contributed by atoms with E-state index < -0.39 is 10.0 Å². The first kappa shape index (κ1) is 23.4. The number of piperazine rings is 1. The molecule has 1 heterocycles. The van der Waals surface area contributed by atoms with Crippen LogP contribution in [0.4, 0.5) is 5.69 Å². The molecule has 3 rings (SSSR count). The molecule has 0 aliphatic carbocycles. The molecule has 0 saturated carbocycles. The quantitative estimate of drug-likeness (QED) is 0.599. The van der Waals surface area contributed by atoms with Gasteiger partial charge in [-0.3, -0.25) is 9.10 Å². The van der Waals surface area contributed by atoms with Crippen molar-refractivity contribution in [2.45, 2.75) is 13.5 Å². The fourth-order valence-electron chi connectivity index (χ4n) is 3.44. The number of likely N-dealkylation sites (N-methyl/N-ethyl adjacent to an activating group) is 1. The van der Waals surface area contributed by atoms with Crippen LogP contribution in [0.2, 0.25) is 5.02 Å². The number of halogens is 1. The number of carbonyl (C=O) groups excluding carboxylic acids is 1. The van der Waals surface area contributed by atoms with Crippen LogP contribution < -0.4 is 9.04 Å². The molecule has 0 aromatic heterocycles. The van der Waals surface area contributed by atoms with Gasteiger partial charge in [0.25, 0.3) is 5.91 Å². The highest BCUT2D eigenvalue weighted by Crippen LogP contribution is 2.26. The predicted octanol–water partition coefficient (Wildman–Crippen LogP) is 2.85. The molecule has 0 atom stereocenters. The number of ether oxygens (including phenoxy) is 1. The third kappa shape index (κ3) is 6.35. The SMILES string of the molecule is CCN1CCN(C(=O)COc2ccc(N(Cc3ccccc3Cl)S(C)(=O)=O)cc2)CC1. The van der Waals surface area contributed by atoms with Crippen molar-refractivity contribution in [3.05, 3.63) is 59.1 Å². The summed E-state index contributed by atoms with van der Waals surface area (Å²) in [6.07, 6.45) is 1.16. The first-order valence-electron chi connectivity index (χ1n) is 10.2. The molecular weight excluding hydrogens is 438 g/mol. The van der Waals surface area contributed by atoms with Gasteiger partial charge >= 0.3 is 0 Å². The fourth-order valence-corrected chi connectivity index (χ4v) is 4.51. The van der Waals surface area contributed by atoms with Gasteiger partial charge in [-0.05, 0) is 42.4 Å². The lowest BCUT2D eigenvalue weighted by atomic mass is 10.2. The van der Waals surface area contributed by atoms with Crippen LogP contribution in [0, 0.1) is 0 Å². The number of amides is 1. The number of rotatable bonds is 8. The van der Waals surface area contributed by atoms with E-state index in [1.54, 1.807) is 42.5 Å². The van der Waals surface area contributed by atoms with Crippen molar-refractivity contribution >= 4 is 33.2 Å². The van der Waals surface area contributed by atoms with Gasteiger partial charge in [-0.25, -0.2) is 8.42 Å². The summed E-state index contributed by atoms with van der Waals surface area (Å²) >= 11 is 6.20. The molecule has 1 amide bonds. The maximum absolute atomic E-state index is 12.4. The van der Waals surface area contributed by atoms with Gasteiger partial charge in [0, 0.05) is 31.2 Å². The molecule has 31 heavy (non-hydrogen) atoms. The molecule has 2 aromatic rings. The molecule has 0 bridgehead atoms. The van der Waals surface area contributed by atoms with E-state index in [0.29, 0.717) is 35.1 Å². The summed E-state index contributed by atoms with van der Waals surface area (Å²) in [5.41, 5.74) is 1.21. The molecule has 0 unspecified atom stereocenters. The summed E-state index contributed by atoms with van der Waals surface area (Å²) in [6, 6.07) is 13.8. The zero-order valence-corrected chi connectivity index (χ0v) is 19.4. The normalized spacial score (nSPS) is 15.0. The van der Waals surface area contributed by atoms with Gasteiger partial charge in [-0.15, -0.1) is 0 Å². The maximum Gasteiger partial charge on any atom is 0.260 e. The third-order valence-electron chi connectivity index (χ3n) is 5.33. The summed E-state index contributed by atoms with van der Waals surface area (Å²) in [6.45, 7) is 6.37. The fraction of sp³-hybridized carbons (Fsp3) is 0.409. The van der Waals surface area contributed by atoms with Crippen LogP contribution in [0.3, 0.4) is 0 Å². The lowest BCUT2D eigenvalue weighted by Gasteiger charge is -2.33. The Labute approximate surface area is 189 Å². The summed E-state index contributed by atoms with van der Waals surface area (Å²) < 4.78 is 31.7. The maximum atomic E-state index is 12.4. The molecular formula is C22H28ClN3O4S. The van der Waals surface area contributed by atoms with Crippen LogP contribution in [0.15, 0.2) is 48.5 Å². The highest BCUT2D eigenvalue weighted by molar-refractivity contribution is 7.92. The van der Waals surface area contributed by atoms with Crippen molar-refractivity contribution < 1.29 is 17.9 Å². The van der Waals surface area contributed by atoms with Gasteiger partial charge in [0.1, 0.15) is 5.75 Å². The minimum Gasteiger partial charge on any atom is -0.484 e. The number of nitrogens with zero attached hydrogens (tertiary/aromatic N) is 3. The minimum absolute atomic E-state index is 0.0408. The molecule has 1 fully saturated rings.